The highest BCUT2D eigenvalue weighted by atomic mass is 35.5. The van der Waals surface area contributed by atoms with E-state index >= 15 is 0 Å². The molecule has 1 nitrogen and oxygen atoms in total. The molecule has 0 radical (unpaired) electrons. The molecule has 0 aliphatic heterocycles. The molecule has 0 saturated heterocycles. The van der Waals surface area contributed by atoms with Crippen LogP contribution in [0, 0.1) is 0 Å². The first-order valence-electron chi connectivity index (χ1n) is 6.93. The lowest BCUT2D eigenvalue weighted by Gasteiger charge is -2.14. The maximum absolute atomic E-state index is 10.5. The molecule has 1 unspecified atom stereocenters. The fraction of sp³-hybridized carbons (Fsp3) is 0.0526. The molecular formula is C19H14Cl2O. The standard InChI is InChI=1S/C19H14Cl2O/c20-16-10-11-17(18(21)12-16)19(22)15-8-6-14(7-9-15)13-4-2-1-3-5-13/h1-12,19,22H. The molecule has 22 heavy (non-hydrogen) atoms. The van der Waals surface area contributed by atoms with Gasteiger partial charge in [0.25, 0.3) is 0 Å². The summed E-state index contributed by atoms with van der Waals surface area (Å²) in [6.45, 7) is 0. The monoisotopic (exact) mass is 328 g/mol. The molecule has 0 aromatic heterocycles. The van der Waals surface area contributed by atoms with Crippen LogP contribution in [-0.2, 0) is 0 Å². The molecule has 0 amide bonds. The van der Waals surface area contributed by atoms with Gasteiger partial charge in [0, 0.05) is 15.6 Å². The Morgan fingerprint density at radius 1 is 0.727 bits per heavy atom. The molecule has 0 aliphatic carbocycles. The van der Waals surface area contributed by atoms with Crippen molar-refractivity contribution in [3.8, 4) is 11.1 Å². The van der Waals surface area contributed by atoms with Crippen molar-refractivity contribution in [2.45, 2.75) is 6.10 Å². The zero-order chi connectivity index (χ0) is 15.5. The zero-order valence-corrected chi connectivity index (χ0v) is 13.2. The lowest BCUT2D eigenvalue weighted by Crippen LogP contribution is -2.00. The fourth-order valence-electron chi connectivity index (χ4n) is 2.39. The van der Waals surface area contributed by atoms with Gasteiger partial charge >= 0.3 is 0 Å². The molecular weight excluding hydrogens is 315 g/mol. The van der Waals surface area contributed by atoms with E-state index in [1.54, 1.807) is 18.2 Å². The Kier molecular flexibility index (Phi) is 4.49. The van der Waals surface area contributed by atoms with Gasteiger partial charge in [-0.2, -0.15) is 0 Å². The number of rotatable bonds is 3. The first-order valence-corrected chi connectivity index (χ1v) is 7.69. The van der Waals surface area contributed by atoms with Crippen LogP contribution in [0.1, 0.15) is 17.2 Å². The van der Waals surface area contributed by atoms with Gasteiger partial charge in [-0.1, -0.05) is 83.9 Å². The maximum Gasteiger partial charge on any atom is 0.105 e. The first kappa shape index (κ1) is 15.1. The summed E-state index contributed by atoms with van der Waals surface area (Å²) >= 11 is 12.0. The molecule has 3 heteroatoms. The average molecular weight is 329 g/mol. The minimum absolute atomic E-state index is 0.465. The van der Waals surface area contributed by atoms with Crippen LogP contribution in [-0.4, -0.2) is 5.11 Å². The van der Waals surface area contributed by atoms with Crippen molar-refractivity contribution in [3.63, 3.8) is 0 Å². The van der Waals surface area contributed by atoms with Gasteiger partial charge in [0.1, 0.15) is 6.10 Å². The van der Waals surface area contributed by atoms with E-state index in [-0.39, 0.29) is 0 Å². The smallest absolute Gasteiger partial charge is 0.105 e. The third kappa shape index (κ3) is 3.17. The molecule has 0 fully saturated rings. The van der Waals surface area contributed by atoms with Gasteiger partial charge in [-0.25, -0.2) is 0 Å². The Morgan fingerprint density at radius 3 is 2.00 bits per heavy atom. The van der Waals surface area contributed by atoms with E-state index < -0.39 is 6.10 Å². The van der Waals surface area contributed by atoms with Crippen molar-refractivity contribution in [2.24, 2.45) is 0 Å². The van der Waals surface area contributed by atoms with E-state index in [4.69, 9.17) is 23.2 Å². The van der Waals surface area contributed by atoms with E-state index in [0.29, 0.717) is 15.6 Å². The van der Waals surface area contributed by atoms with Gasteiger partial charge in [0.15, 0.2) is 0 Å². The first-order chi connectivity index (χ1) is 10.6. The minimum Gasteiger partial charge on any atom is -0.384 e. The quantitative estimate of drug-likeness (QED) is 0.649. The topological polar surface area (TPSA) is 20.2 Å². The van der Waals surface area contributed by atoms with Gasteiger partial charge in [-0.15, -0.1) is 0 Å². The molecule has 0 bridgehead atoms. The van der Waals surface area contributed by atoms with E-state index in [1.807, 2.05) is 42.5 Å². The largest absolute Gasteiger partial charge is 0.384 e. The number of benzene rings is 3. The van der Waals surface area contributed by atoms with Crippen LogP contribution >= 0.6 is 23.2 Å². The average Bonchev–Trinajstić information content (AvgIpc) is 2.55. The highest BCUT2D eigenvalue weighted by Crippen LogP contribution is 2.31. The third-order valence-corrected chi connectivity index (χ3v) is 4.15. The molecule has 0 saturated carbocycles. The van der Waals surface area contributed by atoms with E-state index in [2.05, 4.69) is 12.1 Å². The van der Waals surface area contributed by atoms with Crippen LogP contribution < -0.4 is 0 Å². The van der Waals surface area contributed by atoms with E-state index in [9.17, 15) is 5.11 Å². The summed E-state index contributed by atoms with van der Waals surface area (Å²) in [6.07, 6.45) is -0.769. The zero-order valence-electron chi connectivity index (χ0n) is 11.7. The number of hydrogen-bond acceptors (Lipinski definition) is 1. The Labute approximate surface area is 139 Å². The minimum atomic E-state index is -0.769. The Balaban J connectivity index is 1.89. The number of aliphatic hydroxyl groups is 1. The maximum atomic E-state index is 10.5. The molecule has 110 valence electrons. The summed E-state index contributed by atoms with van der Waals surface area (Å²) < 4.78 is 0. The molecule has 0 aliphatic rings. The molecule has 1 N–H and O–H groups in total. The van der Waals surface area contributed by atoms with Crippen LogP contribution in [0.5, 0.6) is 0 Å². The van der Waals surface area contributed by atoms with Crippen molar-refractivity contribution >= 4 is 23.2 Å². The van der Waals surface area contributed by atoms with E-state index in [1.165, 1.54) is 0 Å². The van der Waals surface area contributed by atoms with Crippen LogP contribution in [0.2, 0.25) is 10.0 Å². The van der Waals surface area contributed by atoms with Crippen molar-refractivity contribution in [1.29, 1.82) is 0 Å². The predicted molar refractivity (Wildman–Crippen MR) is 92.4 cm³/mol. The van der Waals surface area contributed by atoms with Gasteiger partial charge in [0.05, 0.1) is 0 Å². The van der Waals surface area contributed by atoms with Gasteiger partial charge < -0.3 is 5.11 Å². The summed E-state index contributed by atoms with van der Waals surface area (Å²) in [6, 6.07) is 23.1. The van der Waals surface area contributed by atoms with E-state index in [0.717, 1.165) is 16.7 Å². The Hall–Kier alpha value is -1.80. The Bertz CT molecular complexity index is 767. The van der Waals surface area contributed by atoms with Gasteiger partial charge in [-0.3, -0.25) is 0 Å². The predicted octanol–water partition coefficient (Wildman–Crippen LogP) is 5.74. The summed E-state index contributed by atoms with van der Waals surface area (Å²) in [5, 5.41) is 11.5. The summed E-state index contributed by atoms with van der Waals surface area (Å²) in [5.74, 6) is 0. The van der Waals surface area contributed by atoms with Crippen molar-refractivity contribution < 1.29 is 5.11 Å². The van der Waals surface area contributed by atoms with Crippen molar-refractivity contribution in [2.75, 3.05) is 0 Å². The summed E-state index contributed by atoms with van der Waals surface area (Å²) in [5.41, 5.74) is 3.70. The Morgan fingerprint density at radius 2 is 1.36 bits per heavy atom. The van der Waals surface area contributed by atoms with Crippen LogP contribution in [0.15, 0.2) is 72.8 Å². The molecule has 0 heterocycles. The van der Waals surface area contributed by atoms with Crippen LogP contribution in [0.4, 0.5) is 0 Å². The normalized spacial score (nSPS) is 12.1. The molecule has 3 aromatic carbocycles. The number of halogens is 2. The SMILES string of the molecule is OC(c1ccc(-c2ccccc2)cc1)c1ccc(Cl)cc1Cl. The summed E-state index contributed by atoms with van der Waals surface area (Å²) in [4.78, 5) is 0. The fourth-order valence-corrected chi connectivity index (χ4v) is 2.90. The van der Waals surface area contributed by atoms with Crippen LogP contribution in [0.25, 0.3) is 11.1 Å². The van der Waals surface area contributed by atoms with Crippen molar-refractivity contribution in [3.05, 3.63) is 94.0 Å². The van der Waals surface area contributed by atoms with Crippen molar-refractivity contribution in [1.82, 2.24) is 0 Å². The third-order valence-electron chi connectivity index (χ3n) is 3.59. The number of aliphatic hydroxyl groups excluding tert-OH is 1. The highest BCUT2D eigenvalue weighted by Gasteiger charge is 2.14. The second-order valence-electron chi connectivity index (χ2n) is 5.06. The molecule has 0 spiro atoms. The lowest BCUT2D eigenvalue weighted by molar-refractivity contribution is 0.220. The number of hydrogen-bond donors (Lipinski definition) is 1. The van der Waals surface area contributed by atoms with Gasteiger partial charge in [-0.05, 0) is 28.8 Å². The lowest BCUT2D eigenvalue weighted by atomic mass is 9.98. The van der Waals surface area contributed by atoms with Crippen LogP contribution in [0.3, 0.4) is 0 Å². The second-order valence-corrected chi connectivity index (χ2v) is 5.90. The van der Waals surface area contributed by atoms with Gasteiger partial charge in [0.2, 0.25) is 0 Å². The molecule has 1 atom stereocenters. The molecule has 3 aromatic rings. The summed E-state index contributed by atoms with van der Waals surface area (Å²) in [7, 11) is 0. The highest BCUT2D eigenvalue weighted by molar-refractivity contribution is 6.35. The second kappa shape index (κ2) is 6.53. The molecule has 3 rings (SSSR count).